The minimum Gasteiger partial charge on any atom is -0.452 e. The highest BCUT2D eigenvalue weighted by Crippen LogP contribution is 1.99. The number of rotatable bonds is 0. The molecular formula is C22H40N2OS. The molecule has 2 aromatic heterocycles. The molecule has 0 radical (unpaired) electrons. The Labute approximate surface area is 166 Å². The minimum atomic E-state index is 1.33. The Morgan fingerprint density at radius 2 is 1.15 bits per heavy atom. The fraction of sp³-hybridized carbons (Fsp3) is 0.455. The van der Waals surface area contributed by atoms with Gasteiger partial charge in [0, 0.05) is 11.6 Å². The van der Waals surface area contributed by atoms with Crippen LogP contribution in [0.1, 0.15) is 66.5 Å². The monoisotopic (exact) mass is 380 g/mol. The number of aryl methyl sites for hydroxylation is 2. The van der Waals surface area contributed by atoms with Crippen molar-refractivity contribution in [2.75, 3.05) is 0 Å². The highest BCUT2D eigenvalue weighted by molar-refractivity contribution is 7.07. The predicted octanol–water partition coefficient (Wildman–Crippen LogP) is 8.23. The van der Waals surface area contributed by atoms with Crippen molar-refractivity contribution < 1.29 is 4.42 Å². The van der Waals surface area contributed by atoms with Gasteiger partial charge in [-0.05, 0) is 13.8 Å². The van der Waals surface area contributed by atoms with Crippen LogP contribution in [0.25, 0.3) is 0 Å². The number of hydrogen-bond donors (Lipinski definition) is 0. The second-order valence-electron chi connectivity index (χ2n) is 3.51. The van der Waals surface area contributed by atoms with Crippen molar-refractivity contribution in [3.8, 4) is 0 Å². The van der Waals surface area contributed by atoms with Crippen LogP contribution in [-0.2, 0) is 0 Å². The van der Waals surface area contributed by atoms with E-state index in [9.17, 15) is 0 Å². The van der Waals surface area contributed by atoms with Gasteiger partial charge in [0.2, 0.25) is 0 Å². The number of nitrogens with zero attached hydrogens (tertiary/aromatic N) is 2. The summed E-state index contributed by atoms with van der Waals surface area (Å²) < 4.78 is 4.47. The SMILES string of the molecule is CC.CC.CC.CC.Cc1ccc(C)cc1.c1cocn1.c1cscn1. The summed E-state index contributed by atoms with van der Waals surface area (Å²) in [6.07, 6.45) is 6.24. The minimum absolute atomic E-state index is 1.33. The lowest BCUT2D eigenvalue weighted by Crippen LogP contribution is -1.70. The van der Waals surface area contributed by atoms with Crippen molar-refractivity contribution in [2.24, 2.45) is 0 Å². The average Bonchev–Trinajstić information content (AvgIpc) is 3.49. The summed E-state index contributed by atoms with van der Waals surface area (Å²) in [6.45, 7) is 20.2. The van der Waals surface area contributed by atoms with Crippen molar-refractivity contribution >= 4 is 11.3 Å². The molecule has 2 heterocycles. The van der Waals surface area contributed by atoms with Gasteiger partial charge in [-0.25, -0.2) is 4.98 Å². The lowest BCUT2D eigenvalue weighted by atomic mass is 10.2. The maximum absolute atomic E-state index is 4.47. The van der Waals surface area contributed by atoms with Gasteiger partial charge in [-0.15, -0.1) is 11.3 Å². The van der Waals surface area contributed by atoms with Crippen LogP contribution < -0.4 is 0 Å². The molecule has 1 aromatic carbocycles. The van der Waals surface area contributed by atoms with E-state index in [4.69, 9.17) is 0 Å². The highest BCUT2D eigenvalue weighted by Gasteiger charge is 1.79. The third kappa shape index (κ3) is 30.0. The van der Waals surface area contributed by atoms with E-state index in [1.54, 1.807) is 29.2 Å². The normalized spacial score (nSPS) is 6.85. The number of oxazole rings is 1. The van der Waals surface area contributed by atoms with Crippen molar-refractivity contribution in [3.63, 3.8) is 0 Å². The van der Waals surface area contributed by atoms with Crippen LogP contribution in [0.4, 0.5) is 0 Å². The number of aromatic nitrogens is 2. The maximum Gasteiger partial charge on any atom is 0.180 e. The van der Waals surface area contributed by atoms with Gasteiger partial charge in [0.05, 0.1) is 11.7 Å². The highest BCUT2D eigenvalue weighted by atomic mass is 32.1. The van der Waals surface area contributed by atoms with Gasteiger partial charge in [0.1, 0.15) is 6.26 Å². The molecule has 0 spiro atoms. The van der Waals surface area contributed by atoms with Crippen LogP contribution in [0, 0.1) is 13.8 Å². The van der Waals surface area contributed by atoms with Crippen LogP contribution in [0.15, 0.2) is 64.6 Å². The zero-order valence-corrected chi connectivity index (χ0v) is 19.3. The number of thiazole rings is 1. The van der Waals surface area contributed by atoms with Gasteiger partial charge in [-0.3, -0.25) is 4.98 Å². The van der Waals surface area contributed by atoms with Crippen LogP contribution in [0.3, 0.4) is 0 Å². The number of hydrogen-bond acceptors (Lipinski definition) is 4. The van der Waals surface area contributed by atoms with Gasteiger partial charge < -0.3 is 4.42 Å². The molecule has 0 aliphatic rings. The zero-order chi connectivity index (χ0) is 21.1. The summed E-state index contributed by atoms with van der Waals surface area (Å²) in [5.41, 5.74) is 4.45. The molecule has 0 saturated carbocycles. The van der Waals surface area contributed by atoms with Gasteiger partial charge in [-0.2, -0.15) is 0 Å². The first-order valence-electron chi connectivity index (χ1n) is 9.46. The first kappa shape index (κ1) is 31.8. The molecule has 0 aliphatic heterocycles. The van der Waals surface area contributed by atoms with E-state index in [-0.39, 0.29) is 0 Å². The lowest BCUT2D eigenvalue weighted by molar-refractivity contribution is 0.558. The summed E-state index contributed by atoms with van der Waals surface area (Å²) >= 11 is 1.60. The fourth-order valence-electron chi connectivity index (χ4n) is 0.988. The summed E-state index contributed by atoms with van der Waals surface area (Å²) in [7, 11) is 0. The predicted molar refractivity (Wildman–Crippen MR) is 120 cm³/mol. The average molecular weight is 381 g/mol. The second-order valence-corrected chi connectivity index (χ2v) is 4.26. The molecule has 0 fully saturated rings. The van der Waals surface area contributed by atoms with Gasteiger partial charge >= 0.3 is 0 Å². The molecule has 3 aromatic rings. The summed E-state index contributed by atoms with van der Waals surface area (Å²) in [5.74, 6) is 0. The Hall–Kier alpha value is -1.94. The zero-order valence-electron chi connectivity index (χ0n) is 18.5. The molecule has 0 bridgehead atoms. The Bertz CT molecular complexity index is 396. The van der Waals surface area contributed by atoms with Crippen LogP contribution in [-0.4, -0.2) is 9.97 Å². The van der Waals surface area contributed by atoms with E-state index < -0.39 is 0 Å². The van der Waals surface area contributed by atoms with E-state index in [0.717, 1.165) is 0 Å². The Kier molecular flexibility index (Phi) is 42.1. The van der Waals surface area contributed by atoms with E-state index >= 15 is 0 Å². The summed E-state index contributed by atoms with van der Waals surface area (Å²) in [4.78, 5) is 7.30. The number of benzene rings is 1. The molecule has 3 nitrogen and oxygen atoms in total. The molecule has 4 heteroatoms. The van der Waals surface area contributed by atoms with E-state index in [1.807, 2.05) is 60.8 Å². The molecular weight excluding hydrogens is 340 g/mol. The van der Waals surface area contributed by atoms with Crippen molar-refractivity contribution in [1.29, 1.82) is 0 Å². The lowest BCUT2D eigenvalue weighted by Gasteiger charge is -1.90. The van der Waals surface area contributed by atoms with E-state index in [2.05, 4.69) is 52.5 Å². The molecule has 26 heavy (non-hydrogen) atoms. The van der Waals surface area contributed by atoms with Crippen LogP contribution >= 0.6 is 11.3 Å². The summed E-state index contributed by atoms with van der Waals surface area (Å²) in [5, 5.41) is 1.93. The first-order valence-corrected chi connectivity index (χ1v) is 10.4. The quantitative estimate of drug-likeness (QED) is 0.394. The molecule has 3 rings (SSSR count). The Morgan fingerprint density at radius 3 is 1.31 bits per heavy atom. The molecule has 150 valence electrons. The van der Waals surface area contributed by atoms with Crippen LogP contribution in [0.5, 0.6) is 0 Å². The topological polar surface area (TPSA) is 38.9 Å². The molecule has 0 saturated heterocycles. The van der Waals surface area contributed by atoms with Crippen molar-refractivity contribution in [1.82, 2.24) is 9.97 Å². The molecule has 0 atom stereocenters. The fourth-order valence-corrected chi connectivity index (χ4v) is 1.34. The standard InChI is InChI=1S/C8H10.C3H3NO.C3H3NS.4C2H6/c1-7-3-5-8(2)6-4-7;2*1-2-5-3-4-1;4*1-2/h3-6H,1-2H3;2*1-3H;4*1-2H3. The van der Waals surface area contributed by atoms with E-state index in [1.165, 1.54) is 23.8 Å². The second kappa shape index (κ2) is 34.4. The maximum atomic E-state index is 4.47. The van der Waals surface area contributed by atoms with Gasteiger partial charge in [0.25, 0.3) is 0 Å². The Balaban J connectivity index is -0.000000120. The third-order valence-corrected chi connectivity index (χ3v) is 2.43. The van der Waals surface area contributed by atoms with Gasteiger partial charge in [-0.1, -0.05) is 90.8 Å². The third-order valence-electron chi connectivity index (χ3n) is 1.91. The first-order chi connectivity index (χ1) is 12.8. The molecule has 0 aliphatic carbocycles. The van der Waals surface area contributed by atoms with E-state index in [0.29, 0.717) is 0 Å². The molecule has 0 unspecified atom stereocenters. The Morgan fingerprint density at radius 1 is 0.692 bits per heavy atom. The molecule has 0 N–H and O–H groups in total. The largest absolute Gasteiger partial charge is 0.452 e. The van der Waals surface area contributed by atoms with Crippen LogP contribution in [0.2, 0.25) is 0 Å². The smallest absolute Gasteiger partial charge is 0.180 e. The van der Waals surface area contributed by atoms with Crippen molar-refractivity contribution in [3.05, 3.63) is 71.3 Å². The van der Waals surface area contributed by atoms with Crippen molar-refractivity contribution in [2.45, 2.75) is 69.2 Å². The van der Waals surface area contributed by atoms with Gasteiger partial charge in [0.15, 0.2) is 6.39 Å². The summed E-state index contributed by atoms with van der Waals surface area (Å²) in [6, 6.07) is 8.48. The molecule has 0 amide bonds.